The van der Waals surface area contributed by atoms with Crippen LogP contribution in [0.1, 0.15) is 12.5 Å². The number of carbonyl (C=O) groups excluding carboxylic acids is 1. The number of pyridine rings is 1. The maximum absolute atomic E-state index is 12.5. The van der Waals surface area contributed by atoms with Crippen LogP contribution in [0.25, 0.3) is 16.6 Å². The minimum Gasteiger partial charge on any atom is -0.283 e. The molecule has 120 valence electrons. The number of amides is 1. The Bertz CT molecular complexity index is 830. The van der Waals surface area contributed by atoms with E-state index in [9.17, 15) is 4.79 Å². The number of aromatic nitrogens is 3. The van der Waals surface area contributed by atoms with Gasteiger partial charge in [0.1, 0.15) is 0 Å². The Labute approximate surface area is 144 Å². The van der Waals surface area contributed by atoms with E-state index in [2.05, 4.69) is 15.2 Å². The molecule has 0 N–H and O–H groups in total. The normalized spacial score (nSPS) is 10.9. The van der Waals surface area contributed by atoms with Crippen LogP contribution in [0.4, 0.5) is 5.13 Å². The summed E-state index contributed by atoms with van der Waals surface area (Å²) in [4.78, 5) is 18.1. The van der Waals surface area contributed by atoms with Crippen LogP contribution in [-0.2, 0) is 4.79 Å². The van der Waals surface area contributed by atoms with Crippen molar-refractivity contribution in [1.29, 1.82) is 0 Å². The molecule has 0 aliphatic carbocycles. The topological polar surface area (TPSA) is 59.0 Å². The third kappa shape index (κ3) is 3.72. The molecule has 0 fully saturated rings. The van der Waals surface area contributed by atoms with Gasteiger partial charge in [0.15, 0.2) is 5.01 Å². The highest BCUT2D eigenvalue weighted by atomic mass is 32.1. The summed E-state index contributed by atoms with van der Waals surface area (Å²) >= 11 is 1.38. The lowest BCUT2D eigenvalue weighted by atomic mass is 10.2. The third-order valence-electron chi connectivity index (χ3n) is 3.35. The first-order valence-electron chi connectivity index (χ1n) is 7.56. The number of carbonyl (C=O) groups is 1. The van der Waals surface area contributed by atoms with Crippen molar-refractivity contribution < 1.29 is 4.79 Å². The first-order valence-corrected chi connectivity index (χ1v) is 8.38. The van der Waals surface area contributed by atoms with Crippen LogP contribution in [0.5, 0.6) is 0 Å². The van der Waals surface area contributed by atoms with Crippen LogP contribution < -0.4 is 4.90 Å². The van der Waals surface area contributed by atoms with E-state index in [1.807, 2.05) is 49.4 Å². The molecule has 2 aromatic heterocycles. The molecule has 6 heteroatoms. The van der Waals surface area contributed by atoms with Gasteiger partial charge in [-0.15, -0.1) is 10.2 Å². The van der Waals surface area contributed by atoms with Gasteiger partial charge in [0.2, 0.25) is 5.13 Å². The summed E-state index contributed by atoms with van der Waals surface area (Å²) in [5.74, 6) is -0.116. The number of anilines is 1. The van der Waals surface area contributed by atoms with Gasteiger partial charge in [-0.3, -0.25) is 14.7 Å². The molecule has 0 saturated carbocycles. The molecule has 1 amide bonds. The van der Waals surface area contributed by atoms with Gasteiger partial charge in [0.05, 0.1) is 0 Å². The van der Waals surface area contributed by atoms with Crippen LogP contribution in [0.3, 0.4) is 0 Å². The Balaban J connectivity index is 1.78. The van der Waals surface area contributed by atoms with Gasteiger partial charge in [-0.2, -0.15) is 0 Å². The van der Waals surface area contributed by atoms with E-state index < -0.39 is 0 Å². The Morgan fingerprint density at radius 2 is 2.00 bits per heavy atom. The lowest BCUT2D eigenvalue weighted by molar-refractivity contribution is -0.114. The summed E-state index contributed by atoms with van der Waals surface area (Å²) in [6, 6.07) is 13.5. The number of hydrogen-bond acceptors (Lipinski definition) is 5. The minimum absolute atomic E-state index is 0.116. The predicted molar refractivity (Wildman–Crippen MR) is 96.6 cm³/mol. The average Bonchev–Trinajstić information content (AvgIpc) is 3.12. The van der Waals surface area contributed by atoms with E-state index in [0.29, 0.717) is 11.7 Å². The summed E-state index contributed by atoms with van der Waals surface area (Å²) < 4.78 is 0. The molecule has 0 unspecified atom stereocenters. The monoisotopic (exact) mass is 336 g/mol. The van der Waals surface area contributed by atoms with Gasteiger partial charge in [0, 0.05) is 30.6 Å². The molecular weight excluding hydrogens is 320 g/mol. The fourth-order valence-electron chi connectivity index (χ4n) is 2.14. The molecule has 0 aliphatic rings. The Hall–Kier alpha value is -2.86. The van der Waals surface area contributed by atoms with Crippen molar-refractivity contribution >= 4 is 28.5 Å². The lowest BCUT2D eigenvalue weighted by Gasteiger charge is -2.14. The summed E-state index contributed by atoms with van der Waals surface area (Å²) in [6.45, 7) is 2.44. The van der Waals surface area contributed by atoms with Gasteiger partial charge in [-0.1, -0.05) is 41.7 Å². The standard InChI is InChI=1S/C18H16N4OS/c1-2-22(16(23)11-10-14-7-4-3-5-8-14)18-21-20-17(24-18)15-9-6-12-19-13-15/h3-13H,2H2,1H3/b11-10+. The van der Waals surface area contributed by atoms with E-state index >= 15 is 0 Å². The Morgan fingerprint density at radius 1 is 1.17 bits per heavy atom. The first-order chi connectivity index (χ1) is 11.8. The zero-order chi connectivity index (χ0) is 16.8. The van der Waals surface area contributed by atoms with Crippen molar-refractivity contribution in [3.63, 3.8) is 0 Å². The predicted octanol–water partition coefficient (Wildman–Crippen LogP) is 3.67. The SMILES string of the molecule is CCN(C(=O)/C=C/c1ccccc1)c1nnc(-c2cccnc2)s1. The number of hydrogen-bond donors (Lipinski definition) is 0. The van der Waals surface area contributed by atoms with Crippen molar-refractivity contribution in [1.82, 2.24) is 15.2 Å². The van der Waals surface area contributed by atoms with Crippen molar-refractivity contribution in [3.8, 4) is 10.6 Å². The smallest absolute Gasteiger partial charge is 0.252 e. The van der Waals surface area contributed by atoms with Gasteiger partial charge in [-0.05, 0) is 30.7 Å². The van der Waals surface area contributed by atoms with E-state index in [-0.39, 0.29) is 5.91 Å². The lowest BCUT2D eigenvalue weighted by Crippen LogP contribution is -2.28. The summed E-state index contributed by atoms with van der Waals surface area (Å²) in [5, 5.41) is 9.65. The molecule has 3 rings (SSSR count). The summed E-state index contributed by atoms with van der Waals surface area (Å²) in [5.41, 5.74) is 1.87. The Kier molecular flexibility index (Phi) is 5.08. The quantitative estimate of drug-likeness (QED) is 0.667. The van der Waals surface area contributed by atoms with E-state index in [1.54, 1.807) is 29.4 Å². The van der Waals surface area contributed by atoms with Crippen LogP contribution in [0.2, 0.25) is 0 Å². The fraction of sp³-hybridized carbons (Fsp3) is 0.111. The van der Waals surface area contributed by atoms with Gasteiger partial charge in [-0.25, -0.2) is 0 Å². The fourth-order valence-corrected chi connectivity index (χ4v) is 3.04. The molecule has 2 heterocycles. The highest BCUT2D eigenvalue weighted by molar-refractivity contribution is 7.18. The third-order valence-corrected chi connectivity index (χ3v) is 4.35. The highest BCUT2D eigenvalue weighted by Gasteiger charge is 2.17. The van der Waals surface area contributed by atoms with Crippen LogP contribution in [-0.4, -0.2) is 27.6 Å². The molecule has 3 aromatic rings. The average molecular weight is 336 g/mol. The van der Waals surface area contributed by atoms with Crippen molar-refractivity contribution in [2.75, 3.05) is 11.4 Å². The summed E-state index contributed by atoms with van der Waals surface area (Å²) in [7, 11) is 0. The highest BCUT2D eigenvalue weighted by Crippen LogP contribution is 2.28. The molecule has 0 aliphatic heterocycles. The van der Waals surface area contributed by atoms with E-state index in [0.717, 1.165) is 16.1 Å². The zero-order valence-electron chi connectivity index (χ0n) is 13.2. The van der Waals surface area contributed by atoms with E-state index in [1.165, 1.54) is 11.3 Å². The molecule has 0 radical (unpaired) electrons. The zero-order valence-corrected chi connectivity index (χ0v) is 14.0. The largest absolute Gasteiger partial charge is 0.283 e. The summed E-state index contributed by atoms with van der Waals surface area (Å²) in [6.07, 6.45) is 6.80. The molecular formula is C18H16N4OS. The van der Waals surface area contributed by atoms with Gasteiger partial charge in [0.25, 0.3) is 5.91 Å². The van der Waals surface area contributed by atoms with E-state index in [4.69, 9.17) is 0 Å². The van der Waals surface area contributed by atoms with Crippen LogP contribution in [0.15, 0.2) is 60.9 Å². The molecule has 0 saturated heterocycles. The maximum atomic E-state index is 12.5. The number of nitrogens with zero attached hydrogens (tertiary/aromatic N) is 4. The first kappa shape index (κ1) is 16.0. The van der Waals surface area contributed by atoms with Crippen molar-refractivity contribution in [2.24, 2.45) is 0 Å². The second-order valence-electron chi connectivity index (χ2n) is 4.96. The van der Waals surface area contributed by atoms with Crippen molar-refractivity contribution in [2.45, 2.75) is 6.92 Å². The number of likely N-dealkylation sites (N-methyl/N-ethyl adjacent to an activating group) is 1. The minimum atomic E-state index is -0.116. The second kappa shape index (κ2) is 7.61. The number of benzene rings is 1. The molecule has 24 heavy (non-hydrogen) atoms. The molecule has 5 nitrogen and oxygen atoms in total. The van der Waals surface area contributed by atoms with Crippen LogP contribution in [0, 0.1) is 0 Å². The molecule has 0 atom stereocenters. The molecule has 1 aromatic carbocycles. The Morgan fingerprint density at radius 3 is 2.71 bits per heavy atom. The maximum Gasteiger partial charge on any atom is 0.252 e. The van der Waals surface area contributed by atoms with Crippen molar-refractivity contribution in [3.05, 3.63) is 66.5 Å². The molecule has 0 bridgehead atoms. The second-order valence-corrected chi connectivity index (χ2v) is 5.91. The molecule has 0 spiro atoms. The number of rotatable bonds is 5. The van der Waals surface area contributed by atoms with Gasteiger partial charge >= 0.3 is 0 Å². The van der Waals surface area contributed by atoms with Gasteiger partial charge < -0.3 is 0 Å². The van der Waals surface area contributed by atoms with Crippen LogP contribution >= 0.6 is 11.3 Å².